The zero-order chi connectivity index (χ0) is 53.4. The molecular formula is C51H80O23. The van der Waals surface area contributed by atoms with Crippen LogP contribution in [0.2, 0.25) is 0 Å². The molecule has 0 radical (unpaired) electrons. The van der Waals surface area contributed by atoms with Gasteiger partial charge in [0, 0.05) is 29.6 Å². The molecule has 9 fully saturated rings. The second-order valence-electron chi connectivity index (χ2n) is 23.9. The third-order valence-electron chi connectivity index (χ3n) is 19.6. The molecule has 0 aromatic carbocycles. The number of hydrogen-bond donors (Lipinski definition) is 12. The molecule has 3 saturated carbocycles. The lowest BCUT2D eigenvalue weighted by Crippen LogP contribution is -2.67. The van der Waals surface area contributed by atoms with Crippen LogP contribution in [0, 0.1) is 46.3 Å². The molecule has 4 aliphatic carbocycles. The molecule has 33 atom stereocenters. The normalized spacial score (nSPS) is 58.6. The molecule has 0 bridgehead atoms. The van der Waals surface area contributed by atoms with Gasteiger partial charge in [-0.15, -0.1) is 0 Å². The predicted octanol–water partition coefficient (Wildman–Crippen LogP) is -2.79. The summed E-state index contributed by atoms with van der Waals surface area (Å²) in [7, 11) is 0. The summed E-state index contributed by atoms with van der Waals surface area (Å²) in [6.07, 6.45) is -29.7. The Hall–Kier alpha value is -1.47. The molecule has 6 aliphatic heterocycles. The fourth-order valence-corrected chi connectivity index (χ4v) is 15.2. The molecule has 1 spiro atoms. The van der Waals surface area contributed by atoms with Gasteiger partial charge < -0.3 is 109 Å². The molecule has 0 aromatic heterocycles. The fourth-order valence-electron chi connectivity index (χ4n) is 15.2. The highest BCUT2D eigenvalue weighted by Crippen LogP contribution is 2.70. The highest BCUT2D eigenvalue weighted by molar-refractivity contribution is 5.91. The van der Waals surface area contributed by atoms with Gasteiger partial charge in [0.1, 0.15) is 85.5 Å². The van der Waals surface area contributed by atoms with Gasteiger partial charge in [0.25, 0.3) is 0 Å². The highest BCUT2D eigenvalue weighted by Gasteiger charge is 2.74. The minimum absolute atomic E-state index is 0.111. The summed E-state index contributed by atoms with van der Waals surface area (Å²) in [5, 5.41) is 133. The lowest BCUT2D eigenvalue weighted by atomic mass is 9.45. The highest BCUT2D eigenvalue weighted by atomic mass is 16.8. The SMILES string of the molecule is CC1CCC2(OC1)OC1CC3C4C(O)C=C5CC(OC6OC(CO)C(OC7OC(C)C(OC8OC(C)C(O)C(O)C8O)C(O)C7O)C(O)C6OC6OC(C)C(O)C(O)C6O)CCC5(C)C4C(O)C(=O)C3(C)C1C2C. The Balaban J connectivity index is 0.866. The van der Waals surface area contributed by atoms with Crippen molar-refractivity contribution in [2.24, 2.45) is 46.3 Å². The van der Waals surface area contributed by atoms with Gasteiger partial charge in [-0.3, -0.25) is 4.79 Å². The van der Waals surface area contributed by atoms with Crippen LogP contribution in [0.25, 0.3) is 0 Å². The first-order valence-electron chi connectivity index (χ1n) is 26.8. The van der Waals surface area contributed by atoms with Crippen molar-refractivity contribution in [2.75, 3.05) is 13.2 Å². The lowest BCUT2D eigenvalue weighted by Gasteiger charge is -2.60. The molecule has 23 heteroatoms. The van der Waals surface area contributed by atoms with E-state index in [2.05, 4.69) is 13.8 Å². The molecule has 10 rings (SSSR count). The minimum atomic E-state index is -1.91. The van der Waals surface area contributed by atoms with E-state index in [1.165, 1.54) is 20.8 Å². The first kappa shape index (κ1) is 55.8. The molecule has 0 aromatic rings. The quantitative estimate of drug-likeness (QED) is 0.104. The van der Waals surface area contributed by atoms with Crippen LogP contribution in [-0.4, -0.2) is 233 Å². The van der Waals surface area contributed by atoms with E-state index in [0.29, 0.717) is 31.8 Å². The van der Waals surface area contributed by atoms with Crippen LogP contribution >= 0.6 is 0 Å². The van der Waals surface area contributed by atoms with Crippen LogP contribution in [0.1, 0.15) is 87.0 Å². The smallest absolute Gasteiger partial charge is 0.187 e. The predicted molar refractivity (Wildman–Crippen MR) is 247 cm³/mol. The summed E-state index contributed by atoms with van der Waals surface area (Å²) in [6, 6.07) is 0. The number of aliphatic hydroxyl groups is 12. The summed E-state index contributed by atoms with van der Waals surface area (Å²) >= 11 is 0. The lowest BCUT2D eigenvalue weighted by molar-refractivity contribution is -0.394. The van der Waals surface area contributed by atoms with E-state index in [1.54, 1.807) is 0 Å². The van der Waals surface area contributed by atoms with Crippen molar-refractivity contribution in [3.8, 4) is 0 Å². The van der Waals surface area contributed by atoms with E-state index >= 15 is 0 Å². The summed E-state index contributed by atoms with van der Waals surface area (Å²) in [5.41, 5.74) is -0.971. The molecule has 74 heavy (non-hydrogen) atoms. The van der Waals surface area contributed by atoms with E-state index < -0.39 is 176 Å². The Bertz CT molecular complexity index is 2040. The second-order valence-corrected chi connectivity index (χ2v) is 23.9. The number of aliphatic hydroxyl groups excluding tert-OH is 12. The third kappa shape index (κ3) is 8.92. The van der Waals surface area contributed by atoms with E-state index in [9.17, 15) is 66.1 Å². The van der Waals surface area contributed by atoms with Gasteiger partial charge in [-0.2, -0.15) is 0 Å². The van der Waals surface area contributed by atoms with Gasteiger partial charge in [0.2, 0.25) is 0 Å². The van der Waals surface area contributed by atoms with E-state index in [4.69, 9.17) is 47.4 Å². The number of hydrogen-bond acceptors (Lipinski definition) is 23. The maximum absolute atomic E-state index is 14.9. The van der Waals surface area contributed by atoms with E-state index in [0.717, 1.165) is 18.4 Å². The minimum Gasteiger partial charge on any atom is -0.394 e. The summed E-state index contributed by atoms with van der Waals surface area (Å²) < 4.78 is 61.5. The molecule has 10 aliphatic rings. The second kappa shape index (κ2) is 20.6. The standard InChI is InChI=1S/C51H80O23/c1-17-8-11-51(65-16-17)18(2)29-26(74-51)14-24-28-25(53)13-22-12-23(9-10-49(22,6)30(28)33(56)44(64)50(24,29)7)69-48-43(73-46-38(61)35(58)32(55)20(4)67-46)40(63)42(27(15-52)70-48)72-47-39(62)36(59)41(21(5)68-47)71-45-37(60)34(57)31(54)19(3)66-45/h13,17-21,23-43,45-48,52-63H,8-12,14-16H2,1-7H3. The number of ketones is 1. The van der Waals surface area contributed by atoms with Crippen molar-refractivity contribution in [1.82, 2.24) is 0 Å². The Morgan fingerprint density at radius 1 is 0.622 bits per heavy atom. The topological polar surface area (TPSA) is 352 Å². The Morgan fingerprint density at radius 3 is 1.80 bits per heavy atom. The first-order chi connectivity index (χ1) is 34.9. The van der Waals surface area contributed by atoms with Gasteiger partial charge in [-0.25, -0.2) is 0 Å². The molecule has 33 unspecified atom stereocenters. The van der Waals surface area contributed by atoms with Crippen LogP contribution in [0.3, 0.4) is 0 Å². The van der Waals surface area contributed by atoms with Crippen molar-refractivity contribution in [3.05, 3.63) is 11.6 Å². The Kier molecular flexibility index (Phi) is 15.5. The average Bonchev–Trinajstić information content (AvgIpc) is 3.82. The van der Waals surface area contributed by atoms with Crippen molar-refractivity contribution in [3.63, 3.8) is 0 Å². The van der Waals surface area contributed by atoms with Crippen LogP contribution in [0.4, 0.5) is 0 Å². The maximum Gasteiger partial charge on any atom is 0.187 e. The van der Waals surface area contributed by atoms with Gasteiger partial charge in [0.05, 0.1) is 49.8 Å². The number of carbonyl (C=O) groups is 1. The molecule has 0 amide bonds. The first-order valence-corrected chi connectivity index (χ1v) is 26.8. The largest absolute Gasteiger partial charge is 0.394 e. The molecule has 422 valence electrons. The molecule has 12 N–H and O–H groups in total. The van der Waals surface area contributed by atoms with Crippen LogP contribution in [0.5, 0.6) is 0 Å². The molecular weight excluding hydrogens is 981 g/mol. The van der Waals surface area contributed by atoms with E-state index in [1.807, 2.05) is 19.9 Å². The van der Waals surface area contributed by atoms with Crippen LogP contribution < -0.4 is 0 Å². The number of fused-ring (bicyclic) bond motifs is 7. The summed E-state index contributed by atoms with van der Waals surface area (Å²) in [6.45, 7) is 12.3. The monoisotopic (exact) mass is 1060 g/mol. The van der Waals surface area contributed by atoms with Crippen molar-refractivity contribution in [2.45, 2.75) is 240 Å². The van der Waals surface area contributed by atoms with E-state index in [-0.39, 0.29) is 36.1 Å². The molecule has 6 saturated heterocycles. The van der Waals surface area contributed by atoms with Crippen LogP contribution in [0.15, 0.2) is 11.6 Å². The number of Topliss-reactive ketones (excluding diaryl/α,β-unsaturated/α-hetero) is 1. The molecule has 6 heterocycles. The van der Waals surface area contributed by atoms with Gasteiger partial charge in [-0.1, -0.05) is 39.3 Å². The Labute approximate surface area is 429 Å². The summed E-state index contributed by atoms with van der Waals surface area (Å²) in [4.78, 5) is 14.9. The Morgan fingerprint density at radius 2 is 1.20 bits per heavy atom. The maximum atomic E-state index is 14.9. The molecule has 23 nitrogen and oxygen atoms in total. The van der Waals surface area contributed by atoms with Crippen molar-refractivity contribution in [1.29, 1.82) is 0 Å². The summed E-state index contributed by atoms with van der Waals surface area (Å²) in [5.74, 6) is -2.32. The van der Waals surface area contributed by atoms with Gasteiger partial charge in [0.15, 0.2) is 36.7 Å². The average molecular weight is 1060 g/mol. The van der Waals surface area contributed by atoms with Crippen molar-refractivity contribution < 1.29 is 113 Å². The van der Waals surface area contributed by atoms with Gasteiger partial charge >= 0.3 is 0 Å². The fraction of sp³-hybridized carbons (Fsp3) is 0.941. The zero-order valence-electron chi connectivity index (χ0n) is 42.9. The van der Waals surface area contributed by atoms with Crippen molar-refractivity contribution >= 4 is 5.78 Å². The number of carbonyl (C=O) groups excluding carboxylic acids is 1. The third-order valence-corrected chi connectivity index (χ3v) is 19.6. The van der Waals surface area contributed by atoms with Gasteiger partial charge in [-0.05, 0) is 76.0 Å². The van der Waals surface area contributed by atoms with Crippen LogP contribution in [-0.2, 0) is 52.2 Å². The number of rotatable bonds is 9. The number of ether oxygens (including phenoxy) is 10. The zero-order valence-corrected chi connectivity index (χ0v) is 42.9.